The van der Waals surface area contributed by atoms with Crippen LogP contribution >= 0.6 is 11.9 Å². The number of H-pyrrole nitrogens is 1. The smallest absolute Gasteiger partial charge is 0.284 e. The van der Waals surface area contributed by atoms with Crippen LogP contribution in [0, 0.1) is 10.1 Å². The van der Waals surface area contributed by atoms with Crippen LogP contribution in [0.25, 0.3) is 10.9 Å². The Labute approximate surface area is 228 Å². The molecule has 2 aliphatic carbocycles. The minimum Gasteiger partial charge on any atom is -0.548 e. The molecular formula is C29H38N4O4S. The van der Waals surface area contributed by atoms with Crippen LogP contribution in [0.2, 0.25) is 0 Å². The zero-order valence-corrected chi connectivity index (χ0v) is 22.6. The zero-order valence-electron chi connectivity index (χ0n) is 21.8. The molecule has 0 saturated heterocycles. The Morgan fingerprint density at radius 3 is 2.21 bits per heavy atom. The standard InChI is InChI=1S/C17H15N3O4S.C12H23N/c21-17(22)14(9-11-10-18-13-6-2-1-5-12(11)13)19-25-16-8-4-3-7-15(16)20(23)24;1-3-7-11(8-4-1)13-12-9-5-2-6-10-12/h1-8,10,14,18-19H,9H2,(H,21,22);11-13H,1-10H2/t14-;/m0./s1. The third-order valence-corrected chi connectivity index (χ3v) is 8.57. The van der Waals surface area contributed by atoms with Gasteiger partial charge in [-0.3, -0.25) is 14.8 Å². The summed E-state index contributed by atoms with van der Waals surface area (Å²) in [5.41, 5.74) is 1.67. The topological polar surface area (TPSA) is 128 Å². The predicted molar refractivity (Wildman–Crippen MR) is 149 cm³/mol. The number of aliphatic carboxylic acids is 1. The van der Waals surface area contributed by atoms with Crippen molar-refractivity contribution in [3.63, 3.8) is 0 Å². The van der Waals surface area contributed by atoms with Gasteiger partial charge < -0.3 is 20.2 Å². The molecule has 0 aliphatic heterocycles. The van der Waals surface area contributed by atoms with Crippen molar-refractivity contribution in [2.24, 2.45) is 0 Å². The van der Waals surface area contributed by atoms with Gasteiger partial charge in [0.25, 0.3) is 5.69 Å². The number of benzene rings is 2. The van der Waals surface area contributed by atoms with Crippen molar-refractivity contribution < 1.29 is 20.1 Å². The third-order valence-electron chi connectivity index (χ3n) is 7.60. The van der Waals surface area contributed by atoms with E-state index in [-0.39, 0.29) is 12.1 Å². The molecule has 0 radical (unpaired) electrons. The van der Waals surface area contributed by atoms with E-state index in [0.717, 1.165) is 40.5 Å². The van der Waals surface area contributed by atoms with E-state index in [9.17, 15) is 20.0 Å². The average Bonchev–Trinajstić information content (AvgIpc) is 3.35. The van der Waals surface area contributed by atoms with E-state index >= 15 is 0 Å². The van der Waals surface area contributed by atoms with Crippen LogP contribution in [0.4, 0.5) is 5.69 Å². The molecule has 2 fully saturated rings. The fourth-order valence-electron chi connectivity index (χ4n) is 5.56. The molecule has 3 aromatic rings. The molecule has 1 atom stereocenters. The molecule has 0 amide bonds. The number of carbonyl (C=O) groups excluding carboxylic acids is 1. The highest BCUT2D eigenvalue weighted by molar-refractivity contribution is 7.97. The van der Waals surface area contributed by atoms with Gasteiger partial charge in [0, 0.05) is 23.2 Å². The first-order valence-corrected chi connectivity index (χ1v) is 14.6. The first kappa shape index (κ1) is 28.1. The summed E-state index contributed by atoms with van der Waals surface area (Å²) >= 11 is 0.916. The van der Waals surface area contributed by atoms with Crippen molar-refractivity contribution in [1.29, 1.82) is 0 Å². The molecule has 4 N–H and O–H groups in total. The van der Waals surface area contributed by atoms with Gasteiger partial charge in [0.2, 0.25) is 0 Å². The summed E-state index contributed by atoms with van der Waals surface area (Å²) in [6.45, 7) is 0. The number of hydrogen-bond acceptors (Lipinski definition) is 6. The van der Waals surface area contributed by atoms with Crippen molar-refractivity contribution in [3.05, 3.63) is 70.4 Å². The van der Waals surface area contributed by atoms with Crippen molar-refractivity contribution in [1.82, 2.24) is 9.71 Å². The van der Waals surface area contributed by atoms with Gasteiger partial charge in [0.1, 0.15) is 4.90 Å². The first-order chi connectivity index (χ1) is 18.5. The lowest BCUT2D eigenvalue weighted by molar-refractivity contribution is -0.725. The van der Waals surface area contributed by atoms with Crippen molar-refractivity contribution >= 4 is 34.5 Å². The monoisotopic (exact) mass is 538 g/mol. The maximum Gasteiger partial charge on any atom is 0.284 e. The second-order valence-electron chi connectivity index (χ2n) is 10.4. The number of aromatic amines is 1. The Morgan fingerprint density at radius 2 is 1.58 bits per heavy atom. The highest BCUT2D eigenvalue weighted by atomic mass is 32.2. The molecule has 1 heterocycles. The van der Waals surface area contributed by atoms with Gasteiger partial charge in [-0.2, -0.15) is 0 Å². The molecule has 38 heavy (non-hydrogen) atoms. The summed E-state index contributed by atoms with van der Waals surface area (Å²) in [7, 11) is 0. The highest BCUT2D eigenvalue weighted by Gasteiger charge is 2.23. The van der Waals surface area contributed by atoms with Gasteiger partial charge >= 0.3 is 0 Å². The van der Waals surface area contributed by atoms with Crippen LogP contribution in [0.5, 0.6) is 0 Å². The van der Waals surface area contributed by atoms with Gasteiger partial charge in [-0.1, -0.05) is 43.2 Å². The number of quaternary nitrogens is 1. The maximum atomic E-state index is 11.5. The summed E-state index contributed by atoms with van der Waals surface area (Å²) in [6, 6.07) is 14.7. The molecule has 2 aromatic carbocycles. The van der Waals surface area contributed by atoms with Gasteiger partial charge in [-0.15, -0.1) is 0 Å². The molecule has 2 saturated carbocycles. The minimum atomic E-state index is -1.27. The number of rotatable bonds is 9. The fourth-order valence-corrected chi connectivity index (χ4v) is 6.40. The first-order valence-electron chi connectivity index (χ1n) is 13.8. The van der Waals surface area contributed by atoms with Crippen LogP contribution in [-0.4, -0.2) is 34.0 Å². The van der Waals surface area contributed by atoms with E-state index in [1.165, 1.54) is 70.3 Å². The van der Waals surface area contributed by atoms with E-state index in [0.29, 0.717) is 4.90 Å². The predicted octanol–water partition coefficient (Wildman–Crippen LogP) is 4.25. The molecule has 5 rings (SSSR count). The quantitative estimate of drug-likeness (QED) is 0.212. The number of para-hydroxylation sites is 2. The highest BCUT2D eigenvalue weighted by Crippen LogP contribution is 2.27. The number of nitrogens with zero attached hydrogens (tertiary/aromatic N) is 1. The number of nitrogens with one attached hydrogen (secondary N) is 2. The second kappa shape index (κ2) is 14.3. The number of fused-ring (bicyclic) bond motifs is 1. The number of nitrogens with two attached hydrogens (primary N) is 1. The SMILES string of the molecule is C1CCC([NH2+]C2CCCCC2)CC1.O=C([O-])[C@H](Cc1c[nH]c2ccccc12)NSc1ccccc1[N+](=O)[O-]. The van der Waals surface area contributed by atoms with Crippen molar-refractivity contribution in [2.45, 2.75) is 93.7 Å². The Kier molecular flexibility index (Phi) is 10.6. The van der Waals surface area contributed by atoms with Crippen LogP contribution < -0.4 is 15.1 Å². The second-order valence-corrected chi connectivity index (χ2v) is 11.2. The molecule has 204 valence electrons. The number of carbonyl (C=O) groups is 1. The molecule has 0 bridgehead atoms. The normalized spacial score (nSPS) is 17.5. The maximum absolute atomic E-state index is 11.5. The molecule has 8 nitrogen and oxygen atoms in total. The summed E-state index contributed by atoms with van der Waals surface area (Å²) in [5, 5.41) is 26.2. The van der Waals surface area contributed by atoms with E-state index in [4.69, 9.17) is 0 Å². The molecule has 0 unspecified atom stereocenters. The molecule has 2 aliphatic rings. The summed E-state index contributed by atoms with van der Waals surface area (Å²) in [4.78, 5) is 25.4. The van der Waals surface area contributed by atoms with E-state index < -0.39 is 16.9 Å². The van der Waals surface area contributed by atoms with Gasteiger partial charge in [-0.05, 0) is 87.4 Å². The number of carboxylic acid groups (broad SMARTS) is 1. The Morgan fingerprint density at radius 1 is 0.974 bits per heavy atom. The Balaban J connectivity index is 0.000000216. The zero-order chi connectivity index (χ0) is 26.7. The van der Waals surface area contributed by atoms with Crippen LogP contribution in [0.15, 0.2) is 59.6 Å². The minimum absolute atomic E-state index is 0.0795. The van der Waals surface area contributed by atoms with Crippen LogP contribution in [0.1, 0.15) is 69.8 Å². The number of hydrogen-bond donors (Lipinski definition) is 3. The Hall–Kier alpha value is -2.88. The van der Waals surface area contributed by atoms with E-state index in [2.05, 4.69) is 15.0 Å². The fraction of sp³-hybridized carbons (Fsp3) is 0.483. The van der Waals surface area contributed by atoms with Gasteiger partial charge in [0.05, 0.1) is 29.0 Å². The van der Waals surface area contributed by atoms with Crippen molar-refractivity contribution in [2.75, 3.05) is 0 Å². The summed E-state index contributed by atoms with van der Waals surface area (Å²) in [5.74, 6) is -1.27. The number of nitro groups is 1. The van der Waals surface area contributed by atoms with Crippen LogP contribution in [-0.2, 0) is 11.2 Å². The lowest BCUT2D eigenvalue weighted by atomic mass is 9.91. The van der Waals surface area contributed by atoms with Gasteiger partial charge in [-0.25, -0.2) is 0 Å². The van der Waals surface area contributed by atoms with E-state index in [1.807, 2.05) is 24.3 Å². The number of aromatic nitrogens is 1. The van der Waals surface area contributed by atoms with Gasteiger partial charge in [0.15, 0.2) is 0 Å². The largest absolute Gasteiger partial charge is 0.548 e. The average molecular weight is 539 g/mol. The molecular weight excluding hydrogens is 500 g/mol. The van der Waals surface area contributed by atoms with Crippen LogP contribution in [0.3, 0.4) is 0 Å². The van der Waals surface area contributed by atoms with Crippen molar-refractivity contribution in [3.8, 4) is 0 Å². The van der Waals surface area contributed by atoms with E-state index in [1.54, 1.807) is 24.4 Å². The number of carboxylic acids is 1. The molecule has 0 spiro atoms. The summed E-state index contributed by atoms with van der Waals surface area (Å²) < 4.78 is 2.77. The third kappa shape index (κ3) is 8.06. The summed E-state index contributed by atoms with van der Waals surface area (Å²) in [6.07, 6.45) is 16.9. The lowest BCUT2D eigenvalue weighted by Gasteiger charge is -2.27. The lowest BCUT2D eigenvalue weighted by Crippen LogP contribution is -2.95. The molecule has 9 heteroatoms. The Bertz CT molecular complexity index is 1170. The number of nitro benzene ring substituents is 1. The molecule has 1 aromatic heterocycles.